The van der Waals surface area contributed by atoms with Crippen molar-refractivity contribution >= 4 is 11.7 Å². The van der Waals surface area contributed by atoms with Gasteiger partial charge < -0.3 is 10.5 Å². The first kappa shape index (κ1) is 9.58. The Labute approximate surface area is 87.8 Å². The molecule has 1 aliphatic rings. The Bertz CT molecular complexity index is 412. The van der Waals surface area contributed by atoms with E-state index in [4.69, 9.17) is 5.11 Å². The van der Waals surface area contributed by atoms with Crippen molar-refractivity contribution in [2.45, 2.75) is 6.92 Å². The van der Waals surface area contributed by atoms with E-state index in [2.05, 4.69) is 5.43 Å². The number of hydrazine groups is 1. The normalized spacial score (nSPS) is 15.4. The van der Waals surface area contributed by atoms with Gasteiger partial charge in [0, 0.05) is 5.70 Å². The highest BCUT2D eigenvalue weighted by atomic mass is 16.4. The summed E-state index contributed by atoms with van der Waals surface area (Å²) in [6.07, 6.45) is 0. The Morgan fingerprint density at radius 3 is 2.60 bits per heavy atom. The first-order valence-electron chi connectivity index (χ1n) is 4.71. The van der Waals surface area contributed by atoms with Gasteiger partial charge in [0.05, 0.1) is 17.8 Å². The molecule has 0 aromatic heterocycles. The summed E-state index contributed by atoms with van der Waals surface area (Å²) in [5.74, 6) is -0.863. The minimum Gasteiger partial charge on any atom is -0.478 e. The van der Waals surface area contributed by atoms with Crippen LogP contribution in [0.2, 0.25) is 0 Å². The van der Waals surface area contributed by atoms with Crippen molar-refractivity contribution in [3.8, 4) is 0 Å². The number of nitrogens with zero attached hydrogens (tertiary/aromatic N) is 1. The minimum atomic E-state index is -0.863. The number of carboxylic acids is 1. The zero-order valence-corrected chi connectivity index (χ0v) is 8.40. The van der Waals surface area contributed by atoms with Crippen LogP contribution in [0.25, 0.3) is 0 Å². The molecule has 1 aliphatic heterocycles. The Morgan fingerprint density at radius 2 is 2.07 bits per heavy atom. The highest BCUT2D eigenvalue weighted by molar-refractivity contribution is 5.89. The van der Waals surface area contributed by atoms with Crippen LogP contribution in [0.5, 0.6) is 0 Å². The van der Waals surface area contributed by atoms with E-state index >= 15 is 0 Å². The summed E-state index contributed by atoms with van der Waals surface area (Å²) in [6.45, 7) is 2.16. The number of benzene rings is 1. The SMILES string of the molecule is CC1=C(C(=O)O)CN(c2ccccc2)N1. The standard InChI is InChI=1S/C11H12N2O2/c1-8-10(11(14)15)7-13(12-8)9-5-3-2-4-6-9/h2-6,12H,7H2,1H3,(H,14,15). The number of nitrogens with one attached hydrogen (secondary N) is 1. The van der Waals surface area contributed by atoms with Crippen LogP contribution in [-0.2, 0) is 4.79 Å². The van der Waals surface area contributed by atoms with E-state index in [0.29, 0.717) is 17.8 Å². The average molecular weight is 204 g/mol. The van der Waals surface area contributed by atoms with Gasteiger partial charge in [0.1, 0.15) is 0 Å². The molecule has 2 N–H and O–H groups in total. The zero-order chi connectivity index (χ0) is 10.8. The third-order valence-corrected chi connectivity index (χ3v) is 2.40. The van der Waals surface area contributed by atoms with Gasteiger partial charge in [0.25, 0.3) is 0 Å². The maximum atomic E-state index is 10.9. The smallest absolute Gasteiger partial charge is 0.335 e. The largest absolute Gasteiger partial charge is 0.478 e. The summed E-state index contributed by atoms with van der Waals surface area (Å²) in [6, 6.07) is 9.64. The molecule has 4 nitrogen and oxygen atoms in total. The van der Waals surface area contributed by atoms with E-state index < -0.39 is 5.97 Å². The zero-order valence-electron chi connectivity index (χ0n) is 8.40. The molecule has 0 saturated carbocycles. The van der Waals surface area contributed by atoms with Crippen LogP contribution >= 0.6 is 0 Å². The fourth-order valence-corrected chi connectivity index (χ4v) is 1.58. The number of rotatable bonds is 2. The van der Waals surface area contributed by atoms with Gasteiger partial charge in [-0.15, -0.1) is 0 Å². The monoisotopic (exact) mass is 204 g/mol. The Hall–Kier alpha value is -1.97. The second-order valence-corrected chi connectivity index (χ2v) is 3.44. The van der Waals surface area contributed by atoms with E-state index in [1.54, 1.807) is 6.92 Å². The molecule has 78 valence electrons. The number of carboxylic acid groups (broad SMARTS) is 1. The van der Waals surface area contributed by atoms with Crippen molar-refractivity contribution < 1.29 is 9.90 Å². The molecule has 0 spiro atoms. The molecular weight excluding hydrogens is 192 g/mol. The van der Waals surface area contributed by atoms with Crippen LogP contribution in [0.1, 0.15) is 6.92 Å². The molecule has 0 radical (unpaired) electrons. The Kier molecular flexibility index (Phi) is 2.33. The fourth-order valence-electron chi connectivity index (χ4n) is 1.58. The Balaban J connectivity index is 2.17. The van der Waals surface area contributed by atoms with Crippen molar-refractivity contribution in [2.24, 2.45) is 0 Å². The molecule has 0 fully saturated rings. The van der Waals surface area contributed by atoms with E-state index in [1.165, 1.54) is 0 Å². The first-order chi connectivity index (χ1) is 7.18. The summed E-state index contributed by atoms with van der Waals surface area (Å²) < 4.78 is 0. The quantitative estimate of drug-likeness (QED) is 0.764. The van der Waals surface area contributed by atoms with E-state index in [-0.39, 0.29) is 0 Å². The first-order valence-corrected chi connectivity index (χ1v) is 4.71. The average Bonchev–Trinajstić information content (AvgIpc) is 2.62. The number of carbonyl (C=O) groups is 1. The summed E-state index contributed by atoms with van der Waals surface area (Å²) >= 11 is 0. The van der Waals surface area contributed by atoms with Gasteiger partial charge in [-0.2, -0.15) is 0 Å². The number of hydrogen-bond donors (Lipinski definition) is 2. The van der Waals surface area contributed by atoms with Crippen LogP contribution in [0.3, 0.4) is 0 Å². The van der Waals surface area contributed by atoms with Crippen molar-refractivity contribution in [3.63, 3.8) is 0 Å². The fraction of sp³-hybridized carbons (Fsp3) is 0.182. The second kappa shape index (κ2) is 3.65. The molecule has 0 atom stereocenters. The highest BCUT2D eigenvalue weighted by Gasteiger charge is 2.23. The molecule has 1 heterocycles. The van der Waals surface area contributed by atoms with Gasteiger partial charge in [-0.1, -0.05) is 18.2 Å². The molecular formula is C11H12N2O2. The topological polar surface area (TPSA) is 52.6 Å². The maximum absolute atomic E-state index is 10.9. The van der Waals surface area contributed by atoms with Gasteiger partial charge in [-0.3, -0.25) is 5.01 Å². The summed E-state index contributed by atoms with van der Waals surface area (Å²) in [7, 11) is 0. The molecule has 0 unspecified atom stereocenters. The van der Waals surface area contributed by atoms with Crippen molar-refractivity contribution in [3.05, 3.63) is 41.6 Å². The van der Waals surface area contributed by atoms with Gasteiger partial charge in [0.2, 0.25) is 0 Å². The molecule has 2 rings (SSSR count). The second-order valence-electron chi connectivity index (χ2n) is 3.44. The summed E-state index contributed by atoms with van der Waals surface area (Å²) in [5, 5.41) is 10.7. The number of allylic oxidation sites excluding steroid dienone is 1. The molecule has 0 aliphatic carbocycles. The molecule has 1 aromatic rings. The molecule has 1 aromatic carbocycles. The van der Waals surface area contributed by atoms with Gasteiger partial charge >= 0.3 is 5.97 Å². The van der Waals surface area contributed by atoms with Crippen molar-refractivity contribution in [2.75, 3.05) is 11.6 Å². The lowest BCUT2D eigenvalue weighted by molar-refractivity contribution is -0.132. The minimum absolute atomic E-state index is 0.394. The number of para-hydroxylation sites is 1. The Morgan fingerprint density at radius 1 is 1.40 bits per heavy atom. The molecule has 15 heavy (non-hydrogen) atoms. The lowest BCUT2D eigenvalue weighted by Crippen LogP contribution is -2.31. The summed E-state index contributed by atoms with van der Waals surface area (Å²) in [4.78, 5) is 10.9. The highest BCUT2D eigenvalue weighted by Crippen LogP contribution is 2.19. The molecule has 4 heteroatoms. The molecule has 0 amide bonds. The predicted molar refractivity (Wildman–Crippen MR) is 57.3 cm³/mol. The van der Waals surface area contributed by atoms with Crippen molar-refractivity contribution in [1.29, 1.82) is 0 Å². The number of aliphatic carboxylic acids is 1. The lowest BCUT2D eigenvalue weighted by atomic mass is 10.2. The van der Waals surface area contributed by atoms with E-state index in [9.17, 15) is 4.79 Å². The third kappa shape index (κ3) is 1.79. The van der Waals surface area contributed by atoms with Crippen LogP contribution in [0.15, 0.2) is 41.6 Å². The number of hydrogen-bond acceptors (Lipinski definition) is 3. The van der Waals surface area contributed by atoms with Crippen molar-refractivity contribution in [1.82, 2.24) is 5.43 Å². The molecule has 0 bridgehead atoms. The van der Waals surface area contributed by atoms with Gasteiger partial charge in [-0.05, 0) is 19.1 Å². The predicted octanol–water partition coefficient (Wildman–Crippen LogP) is 1.37. The van der Waals surface area contributed by atoms with Crippen LogP contribution in [0.4, 0.5) is 5.69 Å². The van der Waals surface area contributed by atoms with Crippen LogP contribution < -0.4 is 10.4 Å². The number of anilines is 1. The van der Waals surface area contributed by atoms with Crippen LogP contribution in [0, 0.1) is 0 Å². The van der Waals surface area contributed by atoms with Gasteiger partial charge in [-0.25, -0.2) is 4.79 Å². The lowest BCUT2D eigenvalue weighted by Gasteiger charge is -2.19. The van der Waals surface area contributed by atoms with E-state index in [1.807, 2.05) is 35.3 Å². The maximum Gasteiger partial charge on any atom is 0.335 e. The van der Waals surface area contributed by atoms with E-state index in [0.717, 1.165) is 5.69 Å². The molecule has 0 saturated heterocycles. The van der Waals surface area contributed by atoms with Crippen LogP contribution in [-0.4, -0.2) is 17.6 Å². The van der Waals surface area contributed by atoms with Gasteiger partial charge in [0.15, 0.2) is 0 Å². The summed E-state index contributed by atoms with van der Waals surface area (Å²) in [5.41, 5.74) is 5.12. The third-order valence-electron chi connectivity index (χ3n) is 2.40.